The predicted molar refractivity (Wildman–Crippen MR) is 79.6 cm³/mol. The summed E-state index contributed by atoms with van der Waals surface area (Å²) in [5, 5.41) is 14.0. The van der Waals surface area contributed by atoms with E-state index in [2.05, 4.69) is 20.3 Å². The number of hydrogen-bond donors (Lipinski definition) is 3. The minimum Gasteiger partial charge on any atom is -0.394 e. The molecule has 2 heterocycles. The van der Waals surface area contributed by atoms with Crippen LogP contribution in [-0.2, 0) is 0 Å². The number of fused-ring (bicyclic) bond motifs is 1. The quantitative estimate of drug-likeness (QED) is 0.783. The van der Waals surface area contributed by atoms with E-state index in [0.29, 0.717) is 0 Å². The van der Waals surface area contributed by atoms with Crippen LogP contribution in [0.25, 0.3) is 11.0 Å². The van der Waals surface area contributed by atoms with E-state index in [1.54, 1.807) is 6.33 Å². The maximum Gasteiger partial charge on any atom is 0.142 e. The lowest BCUT2D eigenvalue weighted by Gasteiger charge is -2.26. The molecule has 3 N–H and O–H groups in total. The zero-order valence-corrected chi connectivity index (χ0v) is 11.7. The number of rotatable bonds is 5. The van der Waals surface area contributed by atoms with Gasteiger partial charge in [-0.2, -0.15) is 0 Å². The zero-order chi connectivity index (χ0) is 13.8. The minimum atomic E-state index is 0.0751. The second-order valence-corrected chi connectivity index (χ2v) is 5.73. The Kier molecular flexibility index (Phi) is 4.16. The van der Waals surface area contributed by atoms with Crippen molar-refractivity contribution in [1.82, 2.24) is 15.0 Å². The van der Waals surface area contributed by atoms with E-state index in [1.165, 1.54) is 32.1 Å². The maximum absolute atomic E-state index is 9.63. The van der Waals surface area contributed by atoms with Gasteiger partial charge in [0.2, 0.25) is 0 Å². The van der Waals surface area contributed by atoms with Crippen LogP contribution in [0.3, 0.4) is 0 Å². The zero-order valence-electron chi connectivity index (χ0n) is 11.7. The summed E-state index contributed by atoms with van der Waals surface area (Å²) in [5.41, 5.74) is 0.830. The number of nitrogens with zero attached hydrogens (tertiary/aromatic N) is 2. The summed E-state index contributed by atoms with van der Waals surface area (Å²) in [6.07, 6.45) is 11.0. The molecule has 0 saturated heterocycles. The molecule has 20 heavy (non-hydrogen) atoms. The van der Waals surface area contributed by atoms with Gasteiger partial charge < -0.3 is 15.4 Å². The number of H-pyrrole nitrogens is 1. The molecule has 0 spiro atoms. The number of aromatic nitrogens is 3. The van der Waals surface area contributed by atoms with Crippen LogP contribution in [0.2, 0.25) is 0 Å². The topological polar surface area (TPSA) is 73.8 Å². The van der Waals surface area contributed by atoms with Gasteiger partial charge in [0.1, 0.15) is 17.8 Å². The van der Waals surface area contributed by atoms with Gasteiger partial charge >= 0.3 is 0 Å². The van der Waals surface area contributed by atoms with E-state index in [4.69, 9.17) is 0 Å². The third-order valence-electron chi connectivity index (χ3n) is 4.26. The van der Waals surface area contributed by atoms with Crippen LogP contribution in [0.1, 0.15) is 38.5 Å². The first-order valence-corrected chi connectivity index (χ1v) is 7.52. The Morgan fingerprint density at radius 1 is 1.30 bits per heavy atom. The molecule has 2 aromatic rings. The molecule has 0 aromatic carbocycles. The molecule has 1 aliphatic rings. The molecule has 1 atom stereocenters. The van der Waals surface area contributed by atoms with Crippen LogP contribution in [0.4, 0.5) is 5.82 Å². The highest BCUT2D eigenvalue weighted by Crippen LogP contribution is 2.28. The normalized spacial score (nSPS) is 18.2. The molecule has 108 valence electrons. The number of aromatic amines is 1. The third kappa shape index (κ3) is 2.93. The first-order chi connectivity index (χ1) is 9.86. The van der Waals surface area contributed by atoms with Crippen LogP contribution in [-0.4, -0.2) is 32.7 Å². The molecule has 0 aliphatic heterocycles. The van der Waals surface area contributed by atoms with Crippen molar-refractivity contribution in [3.63, 3.8) is 0 Å². The molecule has 5 nitrogen and oxygen atoms in total. The van der Waals surface area contributed by atoms with Crippen LogP contribution in [0.5, 0.6) is 0 Å². The fourth-order valence-corrected chi connectivity index (χ4v) is 3.19. The van der Waals surface area contributed by atoms with Gasteiger partial charge in [-0.1, -0.05) is 32.1 Å². The predicted octanol–water partition coefficient (Wildman–Crippen LogP) is 2.70. The van der Waals surface area contributed by atoms with E-state index >= 15 is 0 Å². The van der Waals surface area contributed by atoms with Crippen LogP contribution < -0.4 is 5.32 Å². The van der Waals surface area contributed by atoms with Crippen molar-refractivity contribution in [3.05, 3.63) is 18.6 Å². The van der Waals surface area contributed by atoms with Crippen molar-refractivity contribution >= 4 is 16.9 Å². The highest BCUT2D eigenvalue weighted by Gasteiger charge is 2.19. The van der Waals surface area contributed by atoms with Gasteiger partial charge in [-0.05, 0) is 18.4 Å². The lowest BCUT2D eigenvalue weighted by atomic mass is 9.85. The van der Waals surface area contributed by atoms with E-state index in [1.807, 2.05) is 12.3 Å². The van der Waals surface area contributed by atoms with Crippen molar-refractivity contribution in [3.8, 4) is 0 Å². The van der Waals surface area contributed by atoms with Crippen molar-refractivity contribution in [2.45, 2.75) is 44.6 Å². The van der Waals surface area contributed by atoms with Gasteiger partial charge in [0, 0.05) is 6.20 Å². The van der Waals surface area contributed by atoms with Crippen molar-refractivity contribution in [1.29, 1.82) is 0 Å². The SMILES string of the molecule is OC[C@@H](CC1CCCCC1)Nc1ncnc2[nH]ccc12. The number of anilines is 1. The maximum atomic E-state index is 9.63. The Bertz CT molecular complexity index is 548. The summed E-state index contributed by atoms with van der Waals surface area (Å²) >= 11 is 0. The molecule has 1 saturated carbocycles. The van der Waals surface area contributed by atoms with Gasteiger partial charge in [0.05, 0.1) is 18.0 Å². The Balaban J connectivity index is 1.69. The smallest absolute Gasteiger partial charge is 0.142 e. The van der Waals surface area contributed by atoms with Gasteiger partial charge in [-0.15, -0.1) is 0 Å². The summed E-state index contributed by atoms with van der Waals surface area (Å²) < 4.78 is 0. The van der Waals surface area contributed by atoms with Crippen molar-refractivity contribution < 1.29 is 5.11 Å². The first kappa shape index (κ1) is 13.4. The molecule has 0 unspecified atom stereocenters. The van der Waals surface area contributed by atoms with Gasteiger partial charge in [0.25, 0.3) is 0 Å². The monoisotopic (exact) mass is 274 g/mol. The van der Waals surface area contributed by atoms with Gasteiger partial charge in [-0.3, -0.25) is 0 Å². The molecule has 3 rings (SSSR count). The van der Waals surface area contributed by atoms with Crippen LogP contribution in [0.15, 0.2) is 18.6 Å². The van der Waals surface area contributed by atoms with Crippen molar-refractivity contribution in [2.75, 3.05) is 11.9 Å². The summed E-state index contributed by atoms with van der Waals surface area (Å²) in [4.78, 5) is 11.6. The minimum absolute atomic E-state index is 0.0751. The van der Waals surface area contributed by atoms with Crippen LogP contribution in [0, 0.1) is 5.92 Å². The molecule has 0 amide bonds. The molecule has 5 heteroatoms. The Morgan fingerprint density at radius 3 is 2.95 bits per heavy atom. The summed E-state index contributed by atoms with van der Waals surface area (Å²) in [6.45, 7) is 0.145. The molecule has 0 radical (unpaired) electrons. The fraction of sp³-hybridized carbons (Fsp3) is 0.600. The molecular weight excluding hydrogens is 252 g/mol. The lowest BCUT2D eigenvalue weighted by molar-refractivity contribution is 0.237. The highest BCUT2D eigenvalue weighted by molar-refractivity contribution is 5.86. The molecule has 2 aromatic heterocycles. The van der Waals surface area contributed by atoms with E-state index in [9.17, 15) is 5.11 Å². The van der Waals surface area contributed by atoms with Crippen molar-refractivity contribution in [2.24, 2.45) is 5.92 Å². The summed E-state index contributed by atoms with van der Waals surface area (Å²) in [7, 11) is 0. The second kappa shape index (κ2) is 6.22. The molecule has 0 bridgehead atoms. The first-order valence-electron chi connectivity index (χ1n) is 7.52. The second-order valence-electron chi connectivity index (χ2n) is 5.73. The number of aliphatic hydroxyl groups excluding tert-OH is 1. The highest BCUT2D eigenvalue weighted by atomic mass is 16.3. The molecule has 1 aliphatic carbocycles. The van der Waals surface area contributed by atoms with Crippen LogP contribution >= 0.6 is 0 Å². The Labute approximate surface area is 118 Å². The average molecular weight is 274 g/mol. The number of nitrogens with one attached hydrogen (secondary N) is 2. The number of hydrogen-bond acceptors (Lipinski definition) is 4. The van der Waals surface area contributed by atoms with E-state index < -0.39 is 0 Å². The Hall–Kier alpha value is -1.62. The van der Waals surface area contributed by atoms with E-state index in [-0.39, 0.29) is 12.6 Å². The molecule has 1 fully saturated rings. The lowest BCUT2D eigenvalue weighted by Crippen LogP contribution is -2.28. The Morgan fingerprint density at radius 2 is 2.15 bits per heavy atom. The largest absolute Gasteiger partial charge is 0.394 e. The molecular formula is C15H22N4O. The number of aliphatic hydroxyl groups is 1. The van der Waals surface area contributed by atoms with Gasteiger partial charge in [-0.25, -0.2) is 9.97 Å². The van der Waals surface area contributed by atoms with Gasteiger partial charge in [0.15, 0.2) is 0 Å². The van der Waals surface area contributed by atoms with E-state index in [0.717, 1.165) is 29.2 Å². The standard InChI is InChI=1S/C15H22N4O/c20-9-12(8-11-4-2-1-3-5-11)19-15-13-6-7-16-14(13)17-10-18-15/h6-7,10-12,20H,1-5,8-9H2,(H2,16,17,18,19)/t12-/m1/s1. The summed E-state index contributed by atoms with van der Waals surface area (Å²) in [6, 6.07) is 2.04. The average Bonchev–Trinajstić information content (AvgIpc) is 2.97. The third-order valence-corrected chi connectivity index (χ3v) is 4.26. The fourth-order valence-electron chi connectivity index (χ4n) is 3.19. The summed E-state index contributed by atoms with van der Waals surface area (Å²) in [5.74, 6) is 1.54.